The molecule has 0 radical (unpaired) electrons. The molecule has 1 aromatic carbocycles. The number of likely N-dealkylation sites (N-methyl/N-ethyl adjacent to an activating group) is 1. The number of ether oxygens (including phenoxy) is 2. The van der Waals surface area contributed by atoms with Crippen LogP contribution in [0.3, 0.4) is 0 Å². The molecule has 39 heavy (non-hydrogen) atoms. The van der Waals surface area contributed by atoms with Crippen molar-refractivity contribution in [1.82, 2.24) is 25.8 Å². The van der Waals surface area contributed by atoms with Gasteiger partial charge >= 0.3 is 0 Å². The second-order valence-electron chi connectivity index (χ2n) is 9.56. The van der Waals surface area contributed by atoms with E-state index in [-0.39, 0.29) is 37.3 Å². The Labute approximate surface area is 227 Å². The van der Waals surface area contributed by atoms with Crippen LogP contribution in [0.2, 0.25) is 0 Å². The number of nitrogens with two attached hydrogens (primary N) is 1. The van der Waals surface area contributed by atoms with Gasteiger partial charge in [0, 0.05) is 33.1 Å². The van der Waals surface area contributed by atoms with E-state index >= 15 is 0 Å². The monoisotopic (exact) mass is 546 g/mol. The number of rotatable bonds is 8. The minimum atomic E-state index is -1.21. The Balaban J connectivity index is 1.74. The third-order valence-corrected chi connectivity index (χ3v) is 6.57. The molecule has 2 atom stereocenters. The first-order valence-corrected chi connectivity index (χ1v) is 13.2. The Hall–Kier alpha value is -3.71. The van der Waals surface area contributed by atoms with Gasteiger partial charge in [-0.15, -0.1) is 0 Å². The lowest BCUT2D eigenvalue weighted by Gasteiger charge is -2.27. The number of fused-ring (bicyclic) bond motifs is 1. The van der Waals surface area contributed by atoms with Crippen LogP contribution in [0.4, 0.5) is 0 Å². The van der Waals surface area contributed by atoms with Gasteiger partial charge in [-0.25, -0.2) is 0 Å². The molecule has 0 spiro atoms. The van der Waals surface area contributed by atoms with E-state index in [9.17, 15) is 24.0 Å². The average Bonchev–Trinajstić information content (AvgIpc) is 2.92. The Kier molecular flexibility index (Phi) is 11.5. The maximum atomic E-state index is 13.2. The number of amides is 5. The summed E-state index contributed by atoms with van der Waals surface area (Å²) in [6.45, 7) is 4.41. The molecule has 1 aromatic rings. The smallest absolute Gasteiger partial charge is 0.255 e. The quantitative estimate of drug-likeness (QED) is 0.289. The summed E-state index contributed by atoms with van der Waals surface area (Å²) in [5, 5.41) is 8.05. The normalized spacial score (nSPS) is 21.6. The molecule has 5 N–H and O–H groups in total. The van der Waals surface area contributed by atoms with Gasteiger partial charge in [-0.05, 0) is 31.5 Å². The molecule has 2 heterocycles. The minimum Gasteiger partial charge on any atom is -0.491 e. The van der Waals surface area contributed by atoms with Crippen LogP contribution in [0.1, 0.15) is 36.0 Å². The number of para-hydroxylation sites is 1. The number of benzene rings is 1. The number of primary amides is 1. The molecule has 1 saturated heterocycles. The van der Waals surface area contributed by atoms with E-state index in [1.807, 2.05) is 0 Å². The fraction of sp³-hybridized carbons (Fsp3) is 0.577. The number of carbonyl (C=O) groups is 5. The third-order valence-electron chi connectivity index (χ3n) is 6.57. The first-order valence-electron chi connectivity index (χ1n) is 13.2. The van der Waals surface area contributed by atoms with Crippen LogP contribution < -0.4 is 26.4 Å². The predicted molar refractivity (Wildman–Crippen MR) is 141 cm³/mol. The maximum Gasteiger partial charge on any atom is 0.255 e. The highest BCUT2D eigenvalue weighted by atomic mass is 16.5. The SMILES string of the molecule is CN1CCOc2ccccc2C(=O)N[C@H](C(=O)NCCCN2CCOCC2)CC(=O)N[C@@H](CCC(N)=O)C1=O. The van der Waals surface area contributed by atoms with Crippen LogP contribution >= 0.6 is 0 Å². The van der Waals surface area contributed by atoms with Crippen LogP contribution in [-0.2, 0) is 23.9 Å². The zero-order chi connectivity index (χ0) is 28.2. The molecule has 3 rings (SSSR count). The average molecular weight is 547 g/mol. The number of hydrogen-bond donors (Lipinski definition) is 4. The molecule has 13 nitrogen and oxygen atoms in total. The first-order chi connectivity index (χ1) is 18.7. The van der Waals surface area contributed by atoms with E-state index in [0.29, 0.717) is 26.2 Å². The minimum absolute atomic E-state index is 0.00129. The van der Waals surface area contributed by atoms with E-state index in [4.69, 9.17) is 15.2 Å². The Morgan fingerprint density at radius 3 is 2.56 bits per heavy atom. The lowest BCUT2D eigenvalue weighted by molar-refractivity contribution is -0.136. The van der Waals surface area contributed by atoms with Crippen LogP contribution in [0.25, 0.3) is 0 Å². The molecule has 13 heteroatoms. The molecule has 2 aliphatic rings. The Bertz CT molecular complexity index is 1030. The van der Waals surface area contributed by atoms with Crippen molar-refractivity contribution in [2.45, 2.75) is 37.8 Å². The Morgan fingerprint density at radius 1 is 1.08 bits per heavy atom. The van der Waals surface area contributed by atoms with Crippen molar-refractivity contribution in [3.05, 3.63) is 29.8 Å². The van der Waals surface area contributed by atoms with E-state index < -0.39 is 48.0 Å². The molecule has 0 bridgehead atoms. The Morgan fingerprint density at radius 2 is 1.82 bits per heavy atom. The number of nitrogens with one attached hydrogen (secondary N) is 3. The summed E-state index contributed by atoms with van der Waals surface area (Å²) < 4.78 is 11.1. The van der Waals surface area contributed by atoms with Crippen molar-refractivity contribution in [3.8, 4) is 5.75 Å². The third kappa shape index (κ3) is 9.52. The van der Waals surface area contributed by atoms with E-state index in [1.54, 1.807) is 31.3 Å². The number of hydrogen-bond acceptors (Lipinski definition) is 8. The second kappa shape index (κ2) is 15.0. The summed E-state index contributed by atoms with van der Waals surface area (Å²) in [4.78, 5) is 67.2. The van der Waals surface area contributed by atoms with Crippen LogP contribution in [0.15, 0.2) is 24.3 Å². The van der Waals surface area contributed by atoms with Gasteiger partial charge < -0.3 is 36.1 Å². The van der Waals surface area contributed by atoms with Gasteiger partial charge in [0.25, 0.3) is 5.91 Å². The van der Waals surface area contributed by atoms with Gasteiger partial charge in [0.1, 0.15) is 24.4 Å². The standard InChI is InChI=1S/C26H38N6O7/c1-31-11-16-39-21-6-3-2-5-18(21)24(35)30-20(17-23(34)29-19(26(31)37)7-8-22(27)33)25(36)28-9-4-10-32-12-14-38-15-13-32/h2-3,5-6,19-20H,4,7-17H2,1H3,(H2,27,33)(H,28,36)(H,29,34)(H,30,35)/t19-,20-/m0/s1. The van der Waals surface area contributed by atoms with Crippen molar-refractivity contribution < 1.29 is 33.4 Å². The molecule has 1 fully saturated rings. The fourth-order valence-electron chi connectivity index (χ4n) is 4.34. The van der Waals surface area contributed by atoms with Crippen molar-refractivity contribution in [1.29, 1.82) is 0 Å². The summed E-state index contributed by atoms with van der Waals surface area (Å²) in [5.41, 5.74) is 5.46. The van der Waals surface area contributed by atoms with Gasteiger partial charge in [-0.1, -0.05) is 12.1 Å². The first kappa shape index (κ1) is 29.8. The number of nitrogens with zero attached hydrogens (tertiary/aromatic N) is 2. The van der Waals surface area contributed by atoms with Gasteiger partial charge in [0.15, 0.2) is 0 Å². The van der Waals surface area contributed by atoms with Crippen LogP contribution in [-0.4, -0.2) is 111 Å². The summed E-state index contributed by atoms with van der Waals surface area (Å²) in [6, 6.07) is 4.31. The van der Waals surface area contributed by atoms with Crippen LogP contribution in [0.5, 0.6) is 5.75 Å². The largest absolute Gasteiger partial charge is 0.491 e. The van der Waals surface area contributed by atoms with Gasteiger partial charge in [-0.2, -0.15) is 0 Å². The molecule has 2 aliphatic heterocycles. The van der Waals surface area contributed by atoms with Gasteiger partial charge in [0.2, 0.25) is 23.6 Å². The lowest BCUT2D eigenvalue weighted by Crippen LogP contribution is -2.53. The van der Waals surface area contributed by atoms with Gasteiger partial charge in [0.05, 0.1) is 31.7 Å². The fourth-order valence-corrected chi connectivity index (χ4v) is 4.34. The number of carbonyl (C=O) groups excluding carboxylic acids is 5. The molecular weight excluding hydrogens is 508 g/mol. The lowest BCUT2D eigenvalue weighted by atomic mass is 10.1. The predicted octanol–water partition coefficient (Wildman–Crippen LogP) is -1.39. The summed E-state index contributed by atoms with van der Waals surface area (Å²) in [7, 11) is 1.55. The van der Waals surface area contributed by atoms with E-state index in [0.717, 1.165) is 19.6 Å². The summed E-state index contributed by atoms with van der Waals surface area (Å²) >= 11 is 0. The van der Waals surface area contributed by atoms with Crippen molar-refractivity contribution >= 4 is 29.5 Å². The molecule has 0 unspecified atom stereocenters. The number of morpholine rings is 1. The van der Waals surface area contributed by atoms with E-state index in [1.165, 1.54) is 4.90 Å². The molecular formula is C26H38N6O7. The highest BCUT2D eigenvalue weighted by molar-refractivity contribution is 6.01. The highest BCUT2D eigenvalue weighted by Gasteiger charge is 2.30. The van der Waals surface area contributed by atoms with Crippen molar-refractivity contribution in [2.24, 2.45) is 5.73 Å². The molecule has 0 aromatic heterocycles. The molecule has 214 valence electrons. The topological polar surface area (TPSA) is 172 Å². The van der Waals surface area contributed by atoms with Crippen molar-refractivity contribution in [3.63, 3.8) is 0 Å². The molecule has 0 aliphatic carbocycles. The second-order valence-corrected chi connectivity index (χ2v) is 9.56. The maximum absolute atomic E-state index is 13.2. The van der Waals surface area contributed by atoms with Crippen LogP contribution in [0, 0.1) is 0 Å². The van der Waals surface area contributed by atoms with E-state index in [2.05, 4.69) is 20.9 Å². The summed E-state index contributed by atoms with van der Waals surface area (Å²) in [5.74, 6) is -2.47. The van der Waals surface area contributed by atoms with Gasteiger partial charge in [-0.3, -0.25) is 28.9 Å². The molecule has 5 amide bonds. The highest BCUT2D eigenvalue weighted by Crippen LogP contribution is 2.18. The van der Waals surface area contributed by atoms with Crippen molar-refractivity contribution in [2.75, 3.05) is 59.6 Å². The summed E-state index contributed by atoms with van der Waals surface area (Å²) in [6.07, 6.45) is 0.163. The zero-order valence-corrected chi connectivity index (χ0v) is 22.3. The molecule has 0 saturated carbocycles. The zero-order valence-electron chi connectivity index (χ0n) is 22.3.